The minimum Gasteiger partial charge on any atom is -0.332 e. The quantitative estimate of drug-likeness (QED) is 0.792. The van der Waals surface area contributed by atoms with E-state index in [1.165, 1.54) is 11.6 Å². The molecule has 0 spiro atoms. The number of hydrogen-bond donors (Lipinski definition) is 2. The Kier molecular flexibility index (Phi) is 6.65. The highest BCUT2D eigenvalue weighted by Gasteiger charge is 2.21. The summed E-state index contributed by atoms with van der Waals surface area (Å²) in [6.45, 7) is 6.37. The topological polar surface area (TPSA) is 45.7 Å². The first-order chi connectivity index (χ1) is 11.9. The van der Waals surface area contributed by atoms with E-state index in [1.54, 1.807) is 0 Å². The Morgan fingerprint density at radius 2 is 1.68 bits per heavy atom. The molecule has 0 fully saturated rings. The highest BCUT2D eigenvalue weighted by Crippen LogP contribution is 2.19. The monoisotopic (exact) mass is 347 g/mol. The molecule has 0 aromatic heterocycles. The largest absolute Gasteiger partial charge is 0.332 e. The van der Waals surface area contributed by atoms with Gasteiger partial charge in [-0.3, -0.25) is 4.79 Å². The zero-order valence-corrected chi connectivity index (χ0v) is 14.9. The van der Waals surface area contributed by atoms with E-state index in [4.69, 9.17) is 0 Å². The number of halogens is 2. The average Bonchev–Trinajstić information content (AvgIpc) is 2.59. The molecule has 0 aliphatic carbocycles. The number of aryl methyl sites for hydroxylation is 1. The van der Waals surface area contributed by atoms with Crippen LogP contribution in [0.15, 0.2) is 42.5 Å². The lowest BCUT2D eigenvalue weighted by atomic mass is 9.95. The summed E-state index contributed by atoms with van der Waals surface area (Å²) in [6, 6.07) is 11.9. The van der Waals surface area contributed by atoms with Gasteiger partial charge in [-0.2, -0.15) is 0 Å². The van der Waals surface area contributed by atoms with E-state index >= 15 is 0 Å². The molecule has 2 aromatic carbocycles. The first kappa shape index (κ1) is 19.1. The van der Waals surface area contributed by atoms with E-state index in [2.05, 4.69) is 50.4 Å². The number of carbonyl (C=O) groups excluding carboxylic acids is 1. The minimum atomic E-state index is -0.774. The molecule has 1 amide bonds. The average molecular weight is 347 g/mol. The van der Waals surface area contributed by atoms with Crippen LogP contribution in [0.25, 0.3) is 0 Å². The van der Waals surface area contributed by atoms with Gasteiger partial charge in [-0.15, -0.1) is 0 Å². The molecule has 0 heterocycles. The molecule has 0 bridgehead atoms. The maximum Gasteiger partial charge on any atom is 0.279 e. The summed E-state index contributed by atoms with van der Waals surface area (Å²) in [6.07, 6.45) is 0.979. The number of nitrogens with one attached hydrogen (secondary N) is 1. The second-order valence-corrected chi connectivity index (χ2v) is 6.45. The second-order valence-electron chi connectivity index (χ2n) is 6.45. The predicted octanol–water partition coefficient (Wildman–Crippen LogP) is 3.43. The summed E-state index contributed by atoms with van der Waals surface area (Å²) in [4.78, 5) is 12.1. The highest BCUT2D eigenvalue weighted by molar-refractivity contribution is 5.91. The Morgan fingerprint density at radius 1 is 1.08 bits per heavy atom. The molecule has 134 valence electrons. The van der Waals surface area contributed by atoms with Gasteiger partial charge in [-0.1, -0.05) is 51.1 Å². The molecular formula is C20H25F2N2O+. The van der Waals surface area contributed by atoms with Crippen LogP contribution in [0.4, 0.5) is 14.5 Å². The molecule has 0 unspecified atom stereocenters. The summed E-state index contributed by atoms with van der Waals surface area (Å²) >= 11 is 0. The summed E-state index contributed by atoms with van der Waals surface area (Å²) < 4.78 is 27.2. The molecular weight excluding hydrogens is 322 g/mol. The number of benzene rings is 2. The van der Waals surface area contributed by atoms with Gasteiger partial charge >= 0.3 is 0 Å². The number of para-hydroxylation sites is 1. The van der Waals surface area contributed by atoms with Crippen LogP contribution in [0, 0.1) is 17.6 Å². The lowest BCUT2D eigenvalue weighted by Crippen LogP contribution is -2.88. The third-order valence-electron chi connectivity index (χ3n) is 4.28. The molecule has 0 saturated heterocycles. The third-order valence-corrected chi connectivity index (χ3v) is 4.28. The van der Waals surface area contributed by atoms with E-state index < -0.39 is 23.2 Å². The molecule has 0 saturated carbocycles. The van der Waals surface area contributed by atoms with Crippen LogP contribution in [0.3, 0.4) is 0 Å². The Bertz CT molecular complexity index is 694. The maximum absolute atomic E-state index is 13.6. The molecule has 25 heavy (non-hydrogen) atoms. The van der Waals surface area contributed by atoms with Crippen molar-refractivity contribution in [2.24, 2.45) is 5.92 Å². The van der Waals surface area contributed by atoms with E-state index in [-0.39, 0.29) is 12.6 Å². The summed E-state index contributed by atoms with van der Waals surface area (Å²) in [5, 5.41) is 4.22. The fourth-order valence-electron chi connectivity index (χ4n) is 2.81. The van der Waals surface area contributed by atoms with Crippen LogP contribution in [-0.2, 0) is 11.2 Å². The van der Waals surface area contributed by atoms with Crippen molar-refractivity contribution in [2.45, 2.75) is 33.2 Å². The van der Waals surface area contributed by atoms with E-state index in [1.807, 2.05) is 5.32 Å². The molecule has 0 aliphatic heterocycles. The summed E-state index contributed by atoms with van der Waals surface area (Å²) in [5.41, 5.74) is 2.00. The van der Waals surface area contributed by atoms with Gasteiger partial charge in [-0.25, -0.2) is 8.78 Å². The van der Waals surface area contributed by atoms with Gasteiger partial charge in [-0.05, 0) is 24.1 Å². The van der Waals surface area contributed by atoms with Gasteiger partial charge in [0.05, 0.1) is 0 Å². The SMILES string of the molecule is CCc1ccc([C@H]([NH2+]CC(=O)Nc2c(F)cccc2F)C(C)C)cc1. The molecule has 0 radical (unpaired) electrons. The van der Waals surface area contributed by atoms with Crippen molar-refractivity contribution in [3.05, 3.63) is 65.2 Å². The highest BCUT2D eigenvalue weighted by atomic mass is 19.1. The van der Waals surface area contributed by atoms with Crippen molar-refractivity contribution in [1.29, 1.82) is 0 Å². The number of nitrogens with two attached hydrogens (primary N) is 1. The van der Waals surface area contributed by atoms with E-state index in [9.17, 15) is 13.6 Å². The van der Waals surface area contributed by atoms with Crippen LogP contribution in [0.1, 0.15) is 37.9 Å². The van der Waals surface area contributed by atoms with Crippen molar-refractivity contribution in [1.82, 2.24) is 0 Å². The molecule has 3 N–H and O–H groups in total. The van der Waals surface area contributed by atoms with Crippen LogP contribution >= 0.6 is 0 Å². The van der Waals surface area contributed by atoms with Crippen molar-refractivity contribution < 1.29 is 18.9 Å². The summed E-state index contributed by atoms with van der Waals surface area (Å²) in [7, 11) is 0. The summed E-state index contributed by atoms with van der Waals surface area (Å²) in [5.74, 6) is -1.67. The molecule has 2 aromatic rings. The van der Waals surface area contributed by atoms with Crippen molar-refractivity contribution in [3.63, 3.8) is 0 Å². The molecule has 2 rings (SSSR count). The molecule has 0 aliphatic rings. The van der Waals surface area contributed by atoms with Gasteiger partial charge in [0.2, 0.25) is 0 Å². The number of carbonyl (C=O) groups is 1. The van der Waals surface area contributed by atoms with Crippen LogP contribution < -0.4 is 10.6 Å². The van der Waals surface area contributed by atoms with Crippen LogP contribution in [0.2, 0.25) is 0 Å². The van der Waals surface area contributed by atoms with Gasteiger partial charge in [0, 0.05) is 11.5 Å². The number of hydrogen-bond acceptors (Lipinski definition) is 1. The number of anilines is 1. The maximum atomic E-state index is 13.6. The molecule has 5 heteroatoms. The van der Waals surface area contributed by atoms with Crippen LogP contribution in [0.5, 0.6) is 0 Å². The molecule has 3 nitrogen and oxygen atoms in total. The first-order valence-electron chi connectivity index (χ1n) is 8.58. The van der Waals surface area contributed by atoms with E-state index in [0.717, 1.165) is 24.1 Å². The lowest BCUT2D eigenvalue weighted by molar-refractivity contribution is -0.692. The number of amides is 1. The Hall–Kier alpha value is -2.27. The Morgan fingerprint density at radius 3 is 2.20 bits per heavy atom. The Balaban J connectivity index is 2.01. The van der Waals surface area contributed by atoms with Gasteiger partial charge in [0.25, 0.3) is 5.91 Å². The second kappa shape index (κ2) is 8.72. The number of rotatable bonds is 7. The van der Waals surface area contributed by atoms with Crippen molar-refractivity contribution in [2.75, 3.05) is 11.9 Å². The zero-order chi connectivity index (χ0) is 18.4. The predicted molar refractivity (Wildman–Crippen MR) is 95.2 cm³/mol. The lowest BCUT2D eigenvalue weighted by Gasteiger charge is -2.20. The Labute approximate surface area is 147 Å². The smallest absolute Gasteiger partial charge is 0.279 e. The molecule has 1 atom stereocenters. The zero-order valence-electron chi connectivity index (χ0n) is 14.9. The van der Waals surface area contributed by atoms with Crippen LogP contribution in [-0.4, -0.2) is 12.5 Å². The van der Waals surface area contributed by atoms with Crippen molar-refractivity contribution >= 4 is 11.6 Å². The van der Waals surface area contributed by atoms with Gasteiger partial charge in [0.15, 0.2) is 6.54 Å². The van der Waals surface area contributed by atoms with Gasteiger partial charge < -0.3 is 10.6 Å². The number of quaternary nitrogens is 1. The van der Waals surface area contributed by atoms with Gasteiger partial charge in [0.1, 0.15) is 23.4 Å². The van der Waals surface area contributed by atoms with Crippen molar-refractivity contribution in [3.8, 4) is 0 Å². The fraction of sp³-hybridized carbons (Fsp3) is 0.350. The first-order valence-corrected chi connectivity index (χ1v) is 8.58. The third kappa shape index (κ3) is 5.10. The standard InChI is InChI=1S/C20H24F2N2O/c1-4-14-8-10-15(11-9-14)19(13(2)3)23-12-18(25)24-20-16(21)6-5-7-17(20)22/h5-11,13,19,23H,4,12H2,1-3H3,(H,24,25)/p+1/t19-/m1/s1. The minimum absolute atomic E-state index is 0.0894. The normalized spacial score (nSPS) is 12.2. The fourth-order valence-corrected chi connectivity index (χ4v) is 2.81. The van der Waals surface area contributed by atoms with E-state index in [0.29, 0.717) is 5.92 Å².